The van der Waals surface area contributed by atoms with Crippen molar-refractivity contribution >= 4 is 5.97 Å². The van der Waals surface area contributed by atoms with Crippen molar-refractivity contribution < 1.29 is 19.4 Å². The van der Waals surface area contributed by atoms with E-state index in [9.17, 15) is 4.79 Å². The standard InChI is InChI=1S/C11H23NO4/c1-5-6-12-11(3,10(13)14)8-16-9(2)7-15-4/h9,12H,5-8H2,1-4H3,(H,13,14). The summed E-state index contributed by atoms with van der Waals surface area (Å²) in [7, 11) is 1.59. The molecule has 0 amide bonds. The third kappa shape index (κ3) is 5.44. The topological polar surface area (TPSA) is 67.8 Å². The van der Waals surface area contributed by atoms with Crippen molar-refractivity contribution in [3.63, 3.8) is 0 Å². The number of carboxylic acid groups (broad SMARTS) is 1. The number of ether oxygens (including phenoxy) is 2. The summed E-state index contributed by atoms with van der Waals surface area (Å²) in [6.07, 6.45) is 0.781. The summed E-state index contributed by atoms with van der Waals surface area (Å²) in [4.78, 5) is 11.1. The lowest BCUT2D eigenvalue weighted by molar-refractivity contribution is -0.148. The highest BCUT2D eigenvalue weighted by atomic mass is 16.5. The summed E-state index contributed by atoms with van der Waals surface area (Å²) in [5.74, 6) is -0.898. The van der Waals surface area contributed by atoms with Gasteiger partial charge in [-0.05, 0) is 26.8 Å². The van der Waals surface area contributed by atoms with E-state index < -0.39 is 11.5 Å². The zero-order valence-electron chi connectivity index (χ0n) is 10.6. The van der Waals surface area contributed by atoms with Gasteiger partial charge >= 0.3 is 5.97 Å². The molecule has 0 spiro atoms. The van der Waals surface area contributed by atoms with Crippen LogP contribution in [0.5, 0.6) is 0 Å². The molecule has 5 nitrogen and oxygen atoms in total. The Morgan fingerprint density at radius 2 is 2.19 bits per heavy atom. The van der Waals surface area contributed by atoms with E-state index in [1.165, 1.54) is 0 Å². The molecule has 2 unspecified atom stereocenters. The fourth-order valence-corrected chi connectivity index (χ4v) is 1.18. The second kappa shape index (κ2) is 7.60. The lowest BCUT2D eigenvalue weighted by Gasteiger charge is -2.27. The van der Waals surface area contributed by atoms with Crippen molar-refractivity contribution in [1.82, 2.24) is 5.32 Å². The van der Waals surface area contributed by atoms with Gasteiger partial charge < -0.3 is 19.9 Å². The second-order valence-corrected chi connectivity index (χ2v) is 4.14. The number of methoxy groups -OCH3 is 1. The van der Waals surface area contributed by atoms with Crippen LogP contribution in [0.2, 0.25) is 0 Å². The lowest BCUT2D eigenvalue weighted by atomic mass is 10.0. The molecule has 5 heteroatoms. The van der Waals surface area contributed by atoms with Crippen molar-refractivity contribution in [3.8, 4) is 0 Å². The van der Waals surface area contributed by atoms with Crippen LogP contribution in [-0.4, -0.2) is 49.6 Å². The number of aliphatic carboxylic acids is 1. The minimum Gasteiger partial charge on any atom is -0.480 e. The lowest BCUT2D eigenvalue weighted by Crippen LogP contribution is -2.54. The number of carboxylic acids is 1. The molecular weight excluding hydrogens is 210 g/mol. The molecule has 0 aliphatic rings. The van der Waals surface area contributed by atoms with E-state index >= 15 is 0 Å². The number of nitrogens with one attached hydrogen (secondary N) is 1. The highest BCUT2D eigenvalue weighted by Gasteiger charge is 2.33. The summed E-state index contributed by atoms with van der Waals surface area (Å²) >= 11 is 0. The maximum atomic E-state index is 11.1. The van der Waals surface area contributed by atoms with Gasteiger partial charge in [-0.3, -0.25) is 4.79 Å². The highest BCUT2D eigenvalue weighted by Crippen LogP contribution is 2.07. The Kier molecular flexibility index (Phi) is 7.29. The molecule has 96 valence electrons. The average molecular weight is 233 g/mol. The van der Waals surface area contributed by atoms with E-state index in [-0.39, 0.29) is 12.7 Å². The van der Waals surface area contributed by atoms with Crippen LogP contribution in [0.25, 0.3) is 0 Å². The Bertz CT molecular complexity index is 210. The summed E-state index contributed by atoms with van der Waals surface area (Å²) < 4.78 is 10.4. The normalized spacial score (nSPS) is 16.8. The van der Waals surface area contributed by atoms with E-state index in [1.807, 2.05) is 13.8 Å². The quantitative estimate of drug-likeness (QED) is 0.619. The molecule has 16 heavy (non-hydrogen) atoms. The van der Waals surface area contributed by atoms with Gasteiger partial charge in [0.2, 0.25) is 0 Å². The van der Waals surface area contributed by atoms with Crippen LogP contribution < -0.4 is 5.32 Å². The summed E-state index contributed by atoms with van der Waals surface area (Å²) in [6.45, 7) is 6.72. The Balaban J connectivity index is 4.16. The Morgan fingerprint density at radius 1 is 1.56 bits per heavy atom. The Labute approximate surface area is 97.1 Å². The molecule has 0 aromatic heterocycles. The molecule has 0 aliphatic carbocycles. The Morgan fingerprint density at radius 3 is 2.62 bits per heavy atom. The highest BCUT2D eigenvalue weighted by molar-refractivity contribution is 5.78. The van der Waals surface area contributed by atoms with Gasteiger partial charge in [0, 0.05) is 7.11 Å². The van der Waals surface area contributed by atoms with Gasteiger partial charge in [0.1, 0.15) is 5.54 Å². The van der Waals surface area contributed by atoms with Crippen LogP contribution in [0.1, 0.15) is 27.2 Å². The molecular formula is C11H23NO4. The predicted octanol–water partition coefficient (Wildman–Crippen LogP) is 0.881. The van der Waals surface area contributed by atoms with Crippen LogP contribution in [0.4, 0.5) is 0 Å². The number of hydrogen-bond acceptors (Lipinski definition) is 4. The SMILES string of the molecule is CCCNC(C)(COC(C)COC)C(=O)O. The van der Waals surface area contributed by atoms with Gasteiger partial charge in [0.25, 0.3) is 0 Å². The Hall–Kier alpha value is -0.650. The summed E-state index contributed by atoms with van der Waals surface area (Å²) in [6, 6.07) is 0. The van der Waals surface area contributed by atoms with E-state index in [1.54, 1.807) is 14.0 Å². The molecule has 0 saturated carbocycles. The molecule has 0 rings (SSSR count). The molecule has 0 fully saturated rings. The van der Waals surface area contributed by atoms with Gasteiger partial charge in [0.15, 0.2) is 0 Å². The van der Waals surface area contributed by atoms with Gasteiger partial charge in [-0.1, -0.05) is 6.92 Å². The first-order valence-electron chi connectivity index (χ1n) is 5.55. The summed E-state index contributed by atoms with van der Waals surface area (Å²) in [5.41, 5.74) is -1.03. The number of rotatable bonds is 9. The molecule has 0 heterocycles. The minimum atomic E-state index is -1.03. The number of hydrogen-bond donors (Lipinski definition) is 2. The first kappa shape index (κ1) is 15.3. The van der Waals surface area contributed by atoms with Crippen molar-refractivity contribution in [2.45, 2.75) is 38.8 Å². The average Bonchev–Trinajstić information content (AvgIpc) is 2.24. The molecule has 2 atom stereocenters. The zero-order valence-corrected chi connectivity index (χ0v) is 10.6. The third-order valence-electron chi connectivity index (χ3n) is 2.30. The molecule has 0 aromatic carbocycles. The van der Waals surface area contributed by atoms with Crippen LogP contribution in [0.3, 0.4) is 0 Å². The first-order valence-corrected chi connectivity index (χ1v) is 5.55. The van der Waals surface area contributed by atoms with Crippen LogP contribution in [0, 0.1) is 0 Å². The monoisotopic (exact) mass is 233 g/mol. The fraction of sp³-hybridized carbons (Fsp3) is 0.909. The third-order valence-corrected chi connectivity index (χ3v) is 2.30. The molecule has 0 aliphatic heterocycles. The predicted molar refractivity (Wildman–Crippen MR) is 61.6 cm³/mol. The zero-order chi connectivity index (χ0) is 12.6. The van der Waals surface area contributed by atoms with Crippen molar-refractivity contribution in [2.75, 3.05) is 26.9 Å². The number of carbonyl (C=O) groups is 1. The van der Waals surface area contributed by atoms with Crippen molar-refractivity contribution in [1.29, 1.82) is 0 Å². The van der Waals surface area contributed by atoms with Crippen LogP contribution >= 0.6 is 0 Å². The smallest absolute Gasteiger partial charge is 0.326 e. The van der Waals surface area contributed by atoms with Crippen LogP contribution in [-0.2, 0) is 14.3 Å². The second-order valence-electron chi connectivity index (χ2n) is 4.14. The minimum absolute atomic E-state index is 0.105. The maximum absolute atomic E-state index is 11.1. The van der Waals surface area contributed by atoms with Gasteiger partial charge in [-0.25, -0.2) is 0 Å². The van der Waals surface area contributed by atoms with Crippen molar-refractivity contribution in [3.05, 3.63) is 0 Å². The molecule has 2 N–H and O–H groups in total. The fourth-order valence-electron chi connectivity index (χ4n) is 1.18. The van der Waals surface area contributed by atoms with E-state index in [2.05, 4.69) is 5.32 Å². The molecule has 0 saturated heterocycles. The molecule has 0 radical (unpaired) electrons. The van der Waals surface area contributed by atoms with E-state index in [4.69, 9.17) is 14.6 Å². The van der Waals surface area contributed by atoms with E-state index in [0.29, 0.717) is 13.2 Å². The molecule has 0 bridgehead atoms. The van der Waals surface area contributed by atoms with E-state index in [0.717, 1.165) is 6.42 Å². The van der Waals surface area contributed by atoms with Gasteiger partial charge in [0.05, 0.1) is 19.3 Å². The summed E-state index contributed by atoms with van der Waals surface area (Å²) in [5, 5.41) is 12.1. The van der Waals surface area contributed by atoms with Gasteiger partial charge in [-0.2, -0.15) is 0 Å². The first-order chi connectivity index (χ1) is 7.46. The molecule has 0 aromatic rings. The maximum Gasteiger partial charge on any atom is 0.326 e. The van der Waals surface area contributed by atoms with Gasteiger partial charge in [-0.15, -0.1) is 0 Å². The largest absolute Gasteiger partial charge is 0.480 e. The van der Waals surface area contributed by atoms with Crippen molar-refractivity contribution in [2.24, 2.45) is 0 Å². The van der Waals surface area contributed by atoms with Crippen LogP contribution in [0.15, 0.2) is 0 Å².